The van der Waals surface area contributed by atoms with E-state index in [1.165, 1.54) is 4.90 Å². The van der Waals surface area contributed by atoms with E-state index in [1.807, 2.05) is 50.2 Å². The first-order chi connectivity index (χ1) is 20.8. The minimum absolute atomic E-state index is 0.0904. The Hall–Kier alpha value is -4.65. The summed E-state index contributed by atoms with van der Waals surface area (Å²) in [4.78, 5) is 44.0. The van der Waals surface area contributed by atoms with Crippen molar-refractivity contribution in [3.05, 3.63) is 89.6 Å². The highest BCUT2D eigenvalue weighted by molar-refractivity contribution is 5.98. The molecule has 0 spiro atoms. The number of hydrogen-bond donors (Lipinski definition) is 1. The van der Waals surface area contributed by atoms with Gasteiger partial charge in [-0.05, 0) is 54.7 Å². The molecule has 3 aliphatic rings. The number of carbonyl (C=O) groups excluding carboxylic acids is 3. The van der Waals surface area contributed by atoms with Crippen LogP contribution >= 0.6 is 0 Å². The summed E-state index contributed by atoms with van der Waals surface area (Å²) >= 11 is 0. The number of anilines is 2. The van der Waals surface area contributed by atoms with Crippen molar-refractivity contribution in [2.75, 3.05) is 16.3 Å². The molecule has 6 rings (SSSR count). The number of para-hydroxylation sites is 1. The van der Waals surface area contributed by atoms with Gasteiger partial charge in [0.15, 0.2) is 5.54 Å². The van der Waals surface area contributed by atoms with E-state index >= 15 is 0 Å². The normalized spacial score (nSPS) is 19.8. The van der Waals surface area contributed by atoms with Gasteiger partial charge in [0.05, 0.1) is 11.6 Å². The molecule has 8 nitrogen and oxygen atoms in total. The summed E-state index contributed by atoms with van der Waals surface area (Å²) in [6, 6.07) is 21.2. The Kier molecular flexibility index (Phi) is 9.86. The molecule has 2 heterocycles. The fourth-order valence-electron chi connectivity index (χ4n) is 5.74. The first-order valence-electron chi connectivity index (χ1n) is 14.5. The van der Waals surface area contributed by atoms with Crippen molar-refractivity contribution in [3.8, 4) is 6.07 Å². The minimum Gasteiger partial charge on any atom is -0.351 e. The molecule has 1 N–H and O–H groups in total. The Balaban J connectivity index is 0.000000222. The van der Waals surface area contributed by atoms with Crippen molar-refractivity contribution in [3.63, 3.8) is 0 Å². The molecule has 43 heavy (non-hydrogen) atoms. The Morgan fingerprint density at radius 2 is 1.79 bits per heavy atom. The molecule has 1 atom stereocenters. The topological polar surface area (TPSA) is 106 Å². The van der Waals surface area contributed by atoms with Gasteiger partial charge in [0.1, 0.15) is 5.82 Å². The fraction of sp³-hybridized carbons (Fsp3) is 0.364. The maximum absolute atomic E-state index is 13.4. The second kappa shape index (κ2) is 13.6. The number of benzene rings is 2. The van der Waals surface area contributed by atoms with Crippen molar-refractivity contribution < 1.29 is 23.2 Å². The Morgan fingerprint density at radius 3 is 2.42 bits per heavy atom. The molecule has 1 aliphatic heterocycles. The van der Waals surface area contributed by atoms with Crippen LogP contribution < -0.4 is 15.1 Å². The molecule has 2 fully saturated rings. The van der Waals surface area contributed by atoms with Gasteiger partial charge < -0.3 is 5.32 Å². The molecule has 1 aromatic heterocycles. The van der Waals surface area contributed by atoms with Crippen molar-refractivity contribution in [1.82, 2.24) is 10.3 Å². The van der Waals surface area contributed by atoms with Gasteiger partial charge in [-0.2, -0.15) is 5.26 Å². The first-order valence-corrected chi connectivity index (χ1v) is 14.5. The molecule has 3 aromatic rings. The van der Waals surface area contributed by atoms with Crippen LogP contribution in [0.5, 0.6) is 0 Å². The van der Waals surface area contributed by atoms with E-state index in [2.05, 4.69) is 10.3 Å². The van der Waals surface area contributed by atoms with Crippen molar-refractivity contribution in [1.29, 1.82) is 5.26 Å². The molecule has 1 saturated heterocycles. The maximum Gasteiger partial charge on any atom is 0.252 e. The number of aromatic nitrogens is 1. The first kappa shape index (κ1) is 31.3. The SMILES string of the molecule is CC.N#Cc1ccnc(N2CCCC2=O)c1.O=CN(c1ccccc1)C1(C(=O)NC2CC(F)(F)C2)CCc2ccccc21. The lowest BCUT2D eigenvalue weighted by molar-refractivity contribution is -0.135. The number of nitriles is 1. The molecule has 0 bridgehead atoms. The molecule has 3 amide bonds. The number of rotatable bonds is 6. The smallest absolute Gasteiger partial charge is 0.252 e. The van der Waals surface area contributed by atoms with Gasteiger partial charge in [-0.25, -0.2) is 13.8 Å². The van der Waals surface area contributed by atoms with Crippen LogP contribution in [0.15, 0.2) is 72.9 Å². The largest absolute Gasteiger partial charge is 0.351 e. The molecular formula is C33H35F2N5O3. The van der Waals surface area contributed by atoms with E-state index in [-0.39, 0.29) is 18.7 Å². The average molecular weight is 588 g/mol. The lowest BCUT2D eigenvalue weighted by Gasteiger charge is -2.42. The predicted octanol–water partition coefficient (Wildman–Crippen LogP) is 5.51. The van der Waals surface area contributed by atoms with E-state index in [0.29, 0.717) is 49.3 Å². The van der Waals surface area contributed by atoms with Gasteiger partial charge in [0.2, 0.25) is 12.3 Å². The molecular weight excluding hydrogens is 552 g/mol. The molecule has 10 heteroatoms. The van der Waals surface area contributed by atoms with Gasteiger partial charge in [-0.3, -0.25) is 24.2 Å². The lowest BCUT2D eigenvalue weighted by Crippen LogP contribution is -2.60. The number of fused-ring (bicyclic) bond motifs is 1. The van der Waals surface area contributed by atoms with Crippen molar-refractivity contribution in [2.45, 2.75) is 69.9 Å². The summed E-state index contributed by atoms with van der Waals surface area (Å²) in [5.74, 6) is -2.44. The summed E-state index contributed by atoms with van der Waals surface area (Å²) in [7, 11) is 0. The number of amides is 3. The molecule has 2 aliphatic carbocycles. The van der Waals surface area contributed by atoms with E-state index < -0.39 is 23.4 Å². The minimum atomic E-state index is -2.72. The maximum atomic E-state index is 13.4. The Labute approximate surface area is 250 Å². The van der Waals surface area contributed by atoms with Crippen molar-refractivity contribution in [2.24, 2.45) is 0 Å². The number of carbonyl (C=O) groups is 3. The van der Waals surface area contributed by atoms with Crippen LogP contribution in [0.1, 0.15) is 62.6 Å². The standard InChI is InChI=1S/C21H20F2N2O2.C10H9N3O.C2H6/c22-20(23)12-16(13-20)24-19(27)21(11-10-15-6-4-5-9-18(15)21)25(14-26)17-7-2-1-3-8-17;11-7-8-3-4-12-9(6-8)13-5-1-2-10(13)14;1-2/h1-9,14,16H,10-13H2,(H,24,27);3-4,6H,1-2,5H2;1-2H3. The number of pyridine rings is 1. The van der Waals surface area contributed by atoms with Gasteiger partial charge in [-0.15, -0.1) is 0 Å². The van der Waals surface area contributed by atoms with Gasteiger partial charge >= 0.3 is 0 Å². The van der Waals surface area contributed by atoms with Crippen molar-refractivity contribution >= 4 is 29.7 Å². The van der Waals surface area contributed by atoms with Gasteiger partial charge in [0.25, 0.3) is 11.8 Å². The predicted molar refractivity (Wildman–Crippen MR) is 159 cm³/mol. The summed E-state index contributed by atoms with van der Waals surface area (Å²) < 4.78 is 26.4. The van der Waals surface area contributed by atoms with Crippen LogP contribution in [-0.2, 0) is 26.3 Å². The zero-order valence-corrected chi connectivity index (χ0v) is 24.3. The van der Waals surface area contributed by atoms with Crippen LogP contribution in [0.2, 0.25) is 0 Å². The molecule has 224 valence electrons. The van der Waals surface area contributed by atoms with E-state index in [4.69, 9.17) is 5.26 Å². The number of nitrogens with zero attached hydrogens (tertiary/aromatic N) is 4. The summed E-state index contributed by atoms with van der Waals surface area (Å²) in [5, 5.41) is 11.5. The third-order valence-corrected chi connectivity index (χ3v) is 7.80. The zero-order chi connectivity index (χ0) is 31.0. The quantitative estimate of drug-likeness (QED) is 0.383. The summed E-state index contributed by atoms with van der Waals surface area (Å²) in [6.07, 6.45) is 4.00. The van der Waals surface area contributed by atoms with Crippen LogP contribution in [-0.4, -0.2) is 41.7 Å². The Morgan fingerprint density at radius 1 is 1.09 bits per heavy atom. The average Bonchev–Trinajstić information content (AvgIpc) is 3.63. The highest BCUT2D eigenvalue weighted by atomic mass is 19.3. The third-order valence-electron chi connectivity index (χ3n) is 7.80. The third kappa shape index (κ3) is 6.56. The zero-order valence-electron chi connectivity index (χ0n) is 24.3. The van der Waals surface area contributed by atoms with Crippen LogP contribution in [0.4, 0.5) is 20.3 Å². The number of aryl methyl sites for hydroxylation is 1. The van der Waals surface area contributed by atoms with E-state index in [1.54, 1.807) is 47.5 Å². The molecule has 2 aromatic carbocycles. The molecule has 1 unspecified atom stereocenters. The number of alkyl halides is 2. The van der Waals surface area contributed by atoms with Crippen LogP contribution in [0.25, 0.3) is 0 Å². The van der Waals surface area contributed by atoms with Crippen LogP contribution in [0.3, 0.4) is 0 Å². The number of nitrogens with one attached hydrogen (secondary N) is 1. The fourth-order valence-corrected chi connectivity index (χ4v) is 5.74. The highest BCUT2D eigenvalue weighted by Crippen LogP contribution is 2.45. The van der Waals surface area contributed by atoms with E-state index in [9.17, 15) is 23.2 Å². The summed E-state index contributed by atoms with van der Waals surface area (Å²) in [5.41, 5.74) is 1.65. The second-order valence-corrected chi connectivity index (χ2v) is 10.4. The Bertz CT molecular complexity index is 1490. The second-order valence-electron chi connectivity index (χ2n) is 10.4. The van der Waals surface area contributed by atoms with Gasteiger partial charge in [-0.1, -0.05) is 56.3 Å². The van der Waals surface area contributed by atoms with Crippen LogP contribution in [0, 0.1) is 11.3 Å². The summed E-state index contributed by atoms with van der Waals surface area (Å²) in [6.45, 7) is 4.71. The number of hydrogen-bond acceptors (Lipinski definition) is 5. The van der Waals surface area contributed by atoms with Gasteiger partial charge in [0, 0.05) is 43.7 Å². The highest BCUT2D eigenvalue weighted by Gasteiger charge is 2.53. The number of halogens is 2. The van der Waals surface area contributed by atoms with E-state index in [0.717, 1.165) is 17.5 Å². The monoisotopic (exact) mass is 587 g/mol. The lowest BCUT2D eigenvalue weighted by atomic mass is 9.84. The molecule has 0 radical (unpaired) electrons. The molecule has 1 saturated carbocycles.